The Hall–Kier alpha value is -2.50. The maximum atomic E-state index is 11.8. The van der Waals surface area contributed by atoms with Crippen molar-refractivity contribution in [1.82, 2.24) is 0 Å². The Morgan fingerprint density at radius 3 is 2.17 bits per heavy atom. The minimum absolute atomic E-state index is 0.0230. The van der Waals surface area contributed by atoms with E-state index in [1.807, 2.05) is 6.07 Å². The largest absolute Gasteiger partial charge is 0.461 e. The number of aliphatic hydroxyl groups excluding tert-OH is 1. The van der Waals surface area contributed by atoms with Crippen molar-refractivity contribution < 1.29 is 24.2 Å². The summed E-state index contributed by atoms with van der Waals surface area (Å²) in [7, 11) is 0. The minimum atomic E-state index is -1.32. The second kappa shape index (κ2) is 8.82. The van der Waals surface area contributed by atoms with Crippen molar-refractivity contribution in [2.75, 3.05) is 19.8 Å². The zero-order valence-corrected chi connectivity index (χ0v) is 12.6. The summed E-state index contributed by atoms with van der Waals surface area (Å²) in [5.74, 6) is -0.879. The van der Waals surface area contributed by atoms with Crippen molar-refractivity contribution in [3.05, 3.63) is 71.8 Å². The molecule has 0 aliphatic rings. The minimum Gasteiger partial charge on any atom is -0.461 e. The van der Waals surface area contributed by atoms with E-state index in [9.17, 15) is 14.7 Å². The van der Waals surface area contributed by atoms with E-state index in [2.05, 4.69) is 0 Å². The summed E-state index contributed by atoms with van der Waals surface area (Å²) in [4.78, 5) is 23.4. The first-order chi connectivity index (χ1) is 11.2. The highest BCUT2D eigenvalue weighted by Gasteiger charge is 2.18. The lowest BCUT2D eigenvalue weighted by atomic mass is 10.1. The summed E-state index contributed by atoms with van der Waals surface area (Å²) >= 11 is 0. The van der Waals surface area contributed by atoms with Gasteiger partial charge in [-0.2, -0.15) is 0 Å². The Morgan fingerprint density at radius 1 is 0.913 bits per heavy atom. The Bertz CT molecular complexity index is 624. The molecular formula is C18H18O5. The van der Waals surface area contributed by atoms with Crippen LogP contribution in [0.3, 0.4) is 0 Å². The molecule has 0 fully saturated rings. The molecule has 0 amide bonds. The monoisotopic (exact) mass is 314 g/mol. The van der Waals surface area contributed by atoms with Gasteiger partial charge in [0, 0.05) is 5.56 Å². The van der Waals surface area contributed by atoms with Crippen LogP contribution in [0.15, 0.2) is 60.7 Å². The average Bonchev–Trinajstić information content (AvgIpc) is 2.62. The van der Waals surface area contributed by atoms with E-state index in [1.165, 1.54) is 0 Å². The van der Waals surface area contributed by atoms with E-state index < -0.39 is 12.1 Å². The summed E-state index contributed by atoms with van der Waals surface area (Å²) in [5.41, 5.74) is 1.04. The van der Waals surface area contributed by atoms with E-state index in [0.29, 0.717) is 11.1 Å². The van der Waals surface area contributed by atoms with Crippen LogP contribution in [-0.4, -0.2) is 36.7 Å². The standard InChI is InChI=1S/C18H18O5/c19-16(14-7-3-1-4-8-14)13-22-11-12-23-18(21)17(20)15-9-5-2-6-10-15/h1-10,17,20H,11-13H2. The van der Waals surface area contributed by atoms with Crippen LogP contribution in [0, 0.1) is 0 Å². The van der Waals surface area contributed by atoms with Gasteiger partial charge in [-0.3, -0.25) is 4.79 Å². The molecule has 23 heavy (non-hydrogen) atoms. The molecule has 5 nitrogen and oxygen atoms in total. The van der Waals surface area contributed by atoms with Gasteiger partial charge in [-0.1, -0.05) is 60.7 Å². The number of Topliss-reactive ketones (excluding diaryl/α,β-unsaturated/α-hetero) is 1. The lowest BCUT2D eigenvalue weighted by Crippen LogP contribution is -2.19. The molecule has 0 aliphatic carbocycles. The van der Waals surface area contributed by atoms with E-state index in [1.54, 1.807) is 54.6 Å². The number of hydrogen-bond donors (Lipinski definition) is 1. The van der Waals surface area contributed by atoms with Crippen molar-refractivity contribution >= 4 is 11.8 Å². The number of hydrogen-bond acceptors (Lipinski definition) is 5. The van der Waals surface area contributed by atoms with Crippen LogP contribution < -0.4 is 0 Å². The predicted molar refractivity (Wildman–Crippen MR) is 84.0 cm³/mol. The number of carbonyl (C=O) groups excluding carboxylic acids is 2. The number of ketones is 1. The molecule has 1 atom stereocenters. The molecule has 1 unspecified atom stereocenters. The summed E-state index contributed by atoms with van der Waals surface area (Å²) in [6.07, 6.45) is -1.32. The van der Waals surface area contributed by atoms with Gasteiger partial charge in [-0.25, -0.2) is 4.79 Å². The van der Waals surface area contributed by atoms with Crippen LogP contribution >= 0.6 is 0 Å². The lowest BCUT2D eigenvalue weighted by molar-refractivity contribution is -0.155. The van der Waals surface area contributed by atoms with Gasteiger partial charge in [-0.15, -0.1) is 0 Å². The second-order valence-electron chi connectivity index (χ2n) is 4.82. The number of ether oxygens (including phenoxy) is 2. The van der Waals surface area contributed by atoms with E-state index in [4.69, 9.17) is 9.47 Å². The van der Waals surface area contributed by atoms with Crippen LogP contribution in [0.1, 0.15) is 22.0 Å². The summed E-state index contributed by atoms with van der Waals surface area (Å²) in [5, 5.41) is 9.81. The van der Waals surface area contributed by atoms with E-state index in [-0.39, 0.29) is 25.6 Å². The molecule has 1 N–H and O–H groups in total. The van der Waals surface area contributed by atoms with E-state index in [0.717, 1.165) is 0 Å². The van der Waals surface area contributed by atoms with Crippen molar-refractivity contribution in [3.63, 3.8) is 0 Å². The summed E-state index contributed by atoms with van der Waals surface area (Å²) in [6.45, 7) is -0.0145. The maximum absolute atomic E-state index is 11.8. The zero-order chi connectivity index (χ0) is 16.5. The van der Waals surface area contributed by atoms with Gasteiger partial charge < -0.3 is 14.6 Å². The molecule has 0 aliphatic heterocycles. The Labute approximate surface area is 134 Å². The molecule has 0 saturated carbocycles. The zero-order valence-electron chi connectivity index (χ0n) is 12.6. The van der Waals surface area contributed by atoms with Crippen molar-refractivity contribution in [2.45, 2.75) is 6.10 Å². The highest BCUT2D eigenvalue weighted by atomic mass is 16.6. The molecular weight excluding hydrogens is 296 g/mol. The SMILES string of the molecule is O=C(COCCOC(=O)C(O)c1ccccc1)c1ccccc1. The maximum Gasteiger partial charge on any atom is 0.339 e. The van der Waals surface area contributed by atoms with Crippen LogP contribution in [0.5, 0.6) is 0 Å². The number of aliphatic hydroxyl groups is 1. The molecule has 0 aromatic heterocycles. The van der Waals surface area contributed by atoms with Gasteiger partial charge >= 0.3 is 5.97 Å². The highest BCUT2D eigenvalue weighted by molar-refractivity contribution is 5.96. The number of benzene rings is 2. The second-order valence-corrected chi connectivity index (χ2v) is 4.82. The number of carbonyl (C=O) groups is 2. The van der Waals surface area contributed by atoms with Gasteiger partial charge in [-0.05, 0) is 5.56 Å². The van der Waals surface area contributed by atoms with Crippen molar-refractivity contribution in [3.8, 4) is 0 Å². The van der Waals surface area contributed by atoms with Gasteiger partial charge in [0.1, 0.15) is 13.2 Å². The molecule has 2 aromatic carbocycles. The molecule has 0 bridgehead atoms. The third-order valence-electron chi connectivity index (χ3n) is 3.14. The van der Waals surface area contributed by atoms with Crippen LogP contribution in [0.25, 0.3) is 0 Å². The predicted octanol–water partition coefficient (Wildman–Crippen LogP) is 2.16. The topological polar surface area (TPSA) is 72.8 Å². The third-order valence-corrected chi connectivity index (χ3v) is 3.14. The van der Waals surface area contributed by atoms with Crippen molar-refractivity contribution in [2.24, 2.45) is 0 Å². The number of esters is 1. The quantitative estimate of drug-likeness (QED) is 0.459. The molecule has 0 saturated heterocycles. The fourth-order valence-electron chi connectivity index (χ4n) is 1.92. The molecule has 120 valence electrons. The fraction of sp³-hybridized carbons (Fsp3) is 0.222. The fourth-order valence-corrected chi connectivity index (χ4v) is 1.92. The van der Waals surface area contributed by atoms with Crippen LogP contribution in [0.4, 0.5) is 0 Å². The normalized spacial score (nSPS) is 11.7. The molecule has 0 radical (unpaired) electrons. The van der Waals surface area contributed by atoms with Crippen LogP contribution in [-0.2, 0) is 14.3 Å². The first kappa shape index (κ1) is 16.9. The molecule has 0 spiro atoms. The van der Waals surface area contributed by atoms with Gasteiger partial charge in [0.15, 0.2) is 11.9 Å². The van der Waals surface area contributed by atoms with Gasteiger partial charge in [0.05, 0.1) is 6.61 Å². The smallest absolute Gasteiger partial charge is 0.339 e. The van der Waals surface area contributed by atoms with Gasteiger partial charge in [0.25, 0.3) is 0 Å². The van der Waals surface area contributed by atoms with Crippen molar-refractivity contribution in [1.29, 1.82) is 0 Å². The van der Waals surface area contributed by atoms with E-state index >= 15 is 0 Å². The average molecular weight is 314 g/mol. The summed E-state index contributed by atoms with van der Waals surface area (Å²) < 4.78 is 10.1. The first-order valence-electron chi connectivity index (χ1n) is 7.24. The Kier molecular flexibility index (Phi) is 6.47. The van der Waals surface area contributed by atoms with Gasteiger partial charge in [0.2, 0.25) is 0 Å². The molecule has 2 aromatic rings. The Balaban J connectivity index is 1.65. The third kappa shape index (κ3) is 5.32. The lowest BCUT2D eigenvalue weighted by Gasteiger charge is -2.11. The summed E-state index contributed by atoms with van der Waals surface area (Å²) in [6, 6.07) is 17.3. The molecule has 2 rings (SSSR count). The first-order valence-corrected chi connectivity index (χ1v) is 7.24. The van der Waals surface area contributed by atoms with Crippen LogP contribution in [0.2, 0.25) is 0 Å². The highest BCUT2D eigenvalue weighted by Crippen LogP contribution is 2.13. The Morgan fingerprint density at radius 2 is 1.52 bits per heavy atom. The molecule has 0 heterocycles. The number of rotatable bonds is 8. The molecule has 5 heteroatoms.